The summed E-state index contributed by atoms with van der Waals surface area (Å²) in [5, 5.41) is 13.6. The fourth-order valence-corrected chi connectivity index (χ4v) is 0. The monoisotopic (exact) mass is 193 g/mol. The van der Waals surface area contributed by atoms with E-state index < -0.39 is 5.09 Å². The second kappa shape index (κ2) is 9.34. The fourth-order valence-electron chi connectivity index (χ4n) is 0. The summed E-state index contributed by atoms with van der Waals surface area (Å²) in [7, 11) is 0. The van der Waals surface area contributed by atoms with Crippen LogP contribution >= 0.6 is 0 Å². The Hall–Kier alpha value is 0.940. The zero-order valence-electron chi connectivity index (χ0n) is 3.01. The maximum absolute atomic E-state index is 8.36. The Morgan fingerprint density at radius 1 is 1.67 bits per heavy atom. The van der Waals surface area contributed by atoms with Crippen molar-refractivity contribution in [1.29, 1.82) is 0 Å². The second-order valence-electron chi connectivity index (χ2n) is 0.238. The zero-order chi connectivity index (χ0) is 3.58. The van der Waals surface area contributed by atoms with Crippen LogP contribution in [0.4, 0.5) is 0 Å². The molecule has 0 aromatic carbocycles. The predicted molar refractivity (Wildman–Crippen MR) is 8.78 cm³/mol. The van der Waals surface area contributed by atoms with Crippen LogP contribution < -0.4 is 29.6 Å². The van der Waals surface area contributed by atoms with Gasteiger partial charge >= 0.3 is 29.6 Å². The molecule has 0 bridgehead atoms. The minimum atomic E-state index is -1.50. The maximum atomic E-state index is 8.36. The van der Waals surface area contributed by atoms with Crippen molar-refractivity contribution < 1.29 is 62.2 Å². The van der Waals surface area contributed by atoms with Gasteiger partial charge in [-0.15, -0.1) is 10.1 Å². The Labute approximate surface area is 71.8 Å². The first kappa shape index (κ1) is 15.8. The maximum Gasteiger partial charge on any atom is 1.00 e. The molecule has 0 amide bonds. The van der Waals surface area contributed by atoms with Gasteiger partial charge in [0.2, 0.25) is 0 Å². The van der Waals surface area contributed by atoms with Crippen molar-refractivity contribution in [3.63, 3.8) is 0 Å². The summed E-state index contributed by atoms with van der Waals surface area (Å²) < 4.78 is 0. The Morgan fingerprint density at radius 3 is 1.67 bits per heavy atom. The van der Waals surface area contributed by atoms with Gasteiger partial charge in [-0.25, -0.2) is 0 Å². The van der Waals surface area contributed by atoms with E-state index in [9.17, 15) is 0 Å². The van der Waals surface area contributed by atoms with Crippen LogP contribution in [0.25, 0.3) is 0 Å². The molecule has 35 valence electrons. The molecule has 6 heavy (non-hydrogen) atoms. The van der Waals surface area contributed by atoms with Gasteiger partial charge in [0.15, 0.2) is 0 Å². The fraction of sp³-hybridized carbons (Fsp3) is 0. The molecule has 6 heteroatoms. The summed E-state index contributed by atoms with van der Waals surface area (Å²) in [6.45, 7) is 0. The van der Waals surface area contributed by atoms with Crippen LogP contribution in [0.5, 0.6) is 0 Å². The molecule has 0 aromatic rings. The SMILES string of the molecule is O=[N+]([O-])O.[Ag].[Na+]. The molecular weight excluding hydrogens is 193 g/mol. The van der Waals surface area contributed by atoms with Crippen molar-refractivity contribution in [3.05, 3.63) is 10.1 Å². The first-order chi connectivity index (χ1) is 1.73. The van der Waals surface area contributed by atoms with Crippen molar-refractivity contribution >= 4 is 0 Å². The molecule has 1 radical (unpaired) electrons. The average Bonchev–Trinajstić information content (AvgIpc) is 0.811. The van der Waals surface area contributed by atoms with Crippen molar-refractivity contribution in [2.75, 3.05) is 0 Å². The number of hydrogen-bond acceptors (Lipinski definition) is 2. The molecule has 4 nitrogen and oxygen atoms in total. The Morgan fingerprint density at radius 2 is 1.67 bits per heavy atom. The summed E-state index contributed by atoms with van der Waals surface area (Å²) >= 11 is 0. The molecule has 0 spiro atoms. The molecule has 0 rings (SSSR count). The number of nitrogens with zero attached hydrogens (tertiary/aromatic N) is 1. The van der Waals surface area contributed by atoms with E-state index >= 15 is 0 Å². The van der Waals surface area contributed by atoms with Crippen LogP contribution in [-0.2, 0) is 22.4 Å². The molecule has 0 saturated heterocycles. The standard InChI is InChI=1S/Ag.HNO3.Na/c;2-1(3)4;/h;(H,2,3,4);/q;;+1. The Bertz CT molecular complexity index is 33.8. The van der Waals surface area contributed by atoms with Gasteiger partial charge in [-0.3, -0.25) is 0 Å². The molecule has 0 heterocycles. The van der Waals surface area contributed by atoms with Crippen molar-refractivity contribution in [2.24, 2.45) is 0 Å². The van der Waals surface area contributed by atoms with E-state index in [0.717, 1.165) is 0 Å². The Balaban J connectivity index is -0.0000000450. The molecule has 1 N–H and O–H groups in total. The molecule has 0 aliphatic carbocycles. The summed E-state index contributed by atoms with van der Waals surface area (Å²) in [5.41, 5.74) is 0. The van der Waals surface area contributed by atoms with Crippen LogP contribution in [0.15, 0.2) is 0 Å². The van der Waals surface area contributed by atoms with E-state index in [2.05, 4.69) is 0 Å². The summed E-state index contributed by atoms with van der Waals surface area (Å²) in [4.78, 5) is 8.36. The van der Waals surface area contributed by atoms with Crippen LogP contribution in [0.1, 0.15) is 0 Å². The predicted octanol–water partition coefficient (Wildman–Crippen LogP) is -3.35. The van der Waals surface area contributed by atoms with Crippen LogP contribution in [-0.4, -0.2) is 10.3 Å². The first-order valence-corrected chi connectivity index (χ1v) is 0.565. The van der Waals surface area contributed by atoms with Gasteiger partial charge in [0.25, 0.3) is 5.09 Å². The third kappa shape index (κ3) is 86.8. The minimum Gasteiger partial charge on any atom is -0.328 e. The van der Waals surface area contributed by atoms with E-state index in [1.54, 1.807) is 0 Å². The van der Waals surface area contributed by atoms with Crippen molar-refractivity contribution in [2.45, 2.75) is 0 Å². The smallest absolute Gasteiger partial charge is 0.328 e. The van der Waals surface area contributed by atoms with Gasteiger partial charge < -0.3 is 5.21 Å². The van der Waals surface area contributed by atoms with Gasteiger partial charge in [0.05, 0.1) is 0 Å². The third-order valence-corrected chi connectivity index (χ3v) is 0. The van der Waals surface area contributed by atoms with E-state index in [1.165, 1.54) is 0 Å². The van der Waals surface area contributed by atoms with Crippen molar-refractivity contribution in [1.82, 2.24) is 0 Å². The largest absolute Gasteiger partial charge is 1.00 e. The van der Waals surface area contributed by atoms with E-state index in [1.807, 2.05) is 0 Å². The number of rotatable bonds is 0. The first-order valence-electron chi connectivity index (χ1n) is 0.565. The normalized spacial score (nSPS) is 4.00. The topological polar surface area (TPSA) is 63.4 Å². The summed E-state index contributed by atoms with van der Waals surface area (Å²) in [6, 6.07) is 0. The van der Waals surface area contributed by atoms with Gasteiger partial charge in [-0.2, -0.15) is 0 Å². The van der Waals surface area contributed by atoms with Crippen molar-refractivity contribution in [3.8, 4) is 0 Å². The molecule has 0 fully saturated rings. The Kier molecular flexibility index (Phi) is 24.5. The molecular formula is HAgNNaO3+. The minimum absolute atomic E-state index is 0. The van der Waals surface area contributed by atoms with E-state index in [4.69, 9.17) is 15.3 Å². The summed E-state index contributed by atoms with van der Waals surface area (Å²) in [5.74, 6) is 0. The molecule has 0 aliphatic heterocycles. The quantitative estimate of drug-likeness (QED) is 0.249. The molecule has 0 unspecified atom stereocenters. The van der Waals surface area contributed by atoms with Crippen LogP contribution in [0.2, 0.25) is 0 Å². The number of hydrogen-bond donors (Lipinski definition) is 1. The molecule has 0 saturated carbocycles. The van der Waals surface area contributed by atoms with Crippen LogP contribution in [0.3, 0.4) is 0 Å². The molecule has 0 atom stereocenters. The third-order valence-electron chi connectivity index (χ3n) is 0. The summed E-state index contributed by atoms with van der Waals surface area (Å²) in [6.07, 6.45) is 0. The van der Waals surface area contributed by atoms with E-state index in [-0.39, 0.29) is 51.9 Å². The van der Waals surface area contributed by atoms with Gasteiger partial charge in [0, 0.05) is 22.4 Å². The average molecular weight is 194 g/mol. The van der Waals surface area contributed by atoms with Gasteiger partial charge in [-0.1, -0.05) is 0 Å². The zero-order valence-corrected chi connectivity index (χ0v) is 6.49. The molecule has 0 aliphatic rings. The van der Waals surface area contributed by atoms with E-state index in [0.29, 0.717) is 0 Å². The van der Waals surface area contributed by atoms with Crippen LogP contribution in [0, 0.1) is 10.1 Å². The second-order valence-corrected chi connectivity index (χ2v) is 0.238. The molecule has 0 aromatic heterocycles. The van der Waals surface area contributed by atoms with Gasteiger partial charge in [0.1, 0.15) is 0 Å². The van der Waals surface area contributed by atoms with Gasteiger partial charge in [-0.05, 0) is 0 Å².